The van der Waals surface area contributed by atoms with E-state index in [1.54, 1.807) is 0 Å². The highest BCUT2D eigenvalue weighted by Gasteiger charge is 2.25. The highest BCUT2D eigenvalue weighted by molar-refractivity contribution is 14.1. The van der Waals surface area contributed by atoms with Gasteiger partial charge in [-0.3, -0.25) is 0 Å². The number of hydrogen-bond acceptors (Lipinski definition) is 0. The lowest BCUT2D eigenvalue weighted by Gasteiger charge is -2.06. The zero-order chi connectivity index (χ0) is 7.40. The summed E-state index contributed by atoms with van der Waals surface area (Å²) < 4.78 is 1.33. The number of hydrogen-bond donors (Lipinski definition) is 1. The monoisotopic (exact) mass is 254 g/mol. The Morgan fingerprint density at radius 1 is 1.40 bits per heavy atom. The molecular weight excluding hydrogens is 237 g/mol. The van der Waals surface area contributed by atoms with E-state index in [0.29, 0.717) is 0 Å². The first-order chi connectivity index (χ1) is 4.86. The van der Waals surface area contributed by atoms with E-state index in [9.17, 15) is 0 Å². The molecule has 60 valence electrons. The van der Waals surface area contributed by atoms with Crippen molar-refractivity contribution < 1.29 is 5.32 Å². The summed E-state index contributed by atoms with van der Waals surface area (Å²) in [6, 6.07) is 1.90. The summed E-state index contributed by atoms with van der Waals surface area (Å²) in [4.78, 5) is 0. The third-order valence-corrected chi connectivity index (χ3v) is 3.44. The van der Waals surface area contributed by atoms with Gasteiger partial charge in [0.1, 0.15) is 0 Å². The minimum absolute atomic E-state index is 0.942. The lowest BCUT2D eigenvalue weighted by atomic mass is 10.1. The van der Waals surface area contributed by atoms with Crippen LogP contribution in [0, 0.1) is 0 Å². The van der Waals surface area contributed by atoms with Gasteiger partial charge in [0.15, 0.2) is 0 Å². The van der Waals surface area contributed by atoms with Crippen LogP contribution in [0.4, 0.5) is 0 Å². The molecule has 1 fully saturated rings. The lowest BCUT2D eigenvalue weighted by molar-refractivity contribution is -0.697. The Balaban J connectivity index is 2.15. The van der Waals surface area contributed by atoms with Crippen LogP contribution in [-0.4, -0.2) is 16.5 Å². The first-order valence-corrected chi connectivity index (χ1v) is 5.80. The second-order valence-corrected chi connectivity index (χ2v) is 4.11. The number of nitrogens with two attached hydrogens (primary N) is 1. The Morgan fingerprint density at radius 2 is 2.10 bits per heavy atom. The molecular formula is C8H17IN+. The van der Waals surface area contributed by atoms with Crippen LogP contribution in [0.15, 0.2) is 0 Å². The van der Waals surface area contributed by atoms with E-state index < -0.39 is 0 Å². The van der Waals surface area contributed by atoms with E-state index in [4.69, 9.17) is 0 Å². The predicted molar refractivity (Wildman–Crippen MR) is 52.5 cm³/mol. The molecule has 10 heavy (non-hydrogen) atoms. The SMILES string of the molecule is CCC[C@H]1CC[C@H](CI)[NH2+]1. The fraction of sp³-hybridized carbons (Fsp3) is 1.00. The Bertz CT molecular complexity index is 95.3. The quantitative estimate of drug-likeness (QED) is 0.577. The fourth-order valence-corrected chi connectivity index (χ4v) is 2.48. The molecule has 2 atom stereocenters. The molecule has 0 unspecified atom stereocenters. The highest BCUT2D eigenvalue weighted by atomic mass is 127. The molecule has 0 saturated carbocycles. The van der Waals surface area contributed by atoms with Crippen molar-refractivity contribution in [3.8, 4) is 0 Å². The van der Waals surface area contributed by atoms with Gasteiger partial charge >= 0.3 is 0 Å². The van der Waals surface area contributed by atoms with Gasteiger partial charge in [0.25, 0.3) is 0 Å². The molecule has 0 aliphatic carbocycles. The van der Waals surface area contributed by atoms with Gasteiger partial charge in [-0.1, -0.05) is 35.9 Å². The van der Waals surface area contributed by atoms with Gasteiger partial charge in [-0.05, 0) is 6.42 Å². The van der Waals surface area contributed by atoms with E-state index in [-0.39, 0.29) is 0 Å². The normalized spacial score (nSPS) is 33.0. The summed E-state index contributed by atoms with van der Waals surface area (Å²) in [5.41, 5.74) is 0. The maximum Gasteiger partial charge on any atom is 0.0954 e. The van der Waals surface area contributed by atoms with Crippen LogP contribution < -0.4 is 5.32 Å². The molecule has 0 spiro atoms. The smallest absolute Gasteiger partial charge is 0.0954 e. The number of rotatable bonds is 3. The maximum absolute atomic E-state index is 2.58. The van der Waals surface area contributed by atoms with Crippen molar-refractivity contribution in [3.63, 3.8) is 0 Å². The molecule has 0 aromatic carbocycles. The Hall–Kier alpha value is 0.690. The van der Waals surface area contributed by atoms with Crippen LogP contribution in [0.25, 0.3) is 0 Å². The van der Waals surface area contributed by atoms with Gasteiger partial charge in [0.2, 0.25) is 0 Å². The van der Waals surface area contributed by atoms with Gasteiger partial charge < -0.3 is 5.32 Å². The molecule has 0 aromatic rings. The molecule has 0 bridgehead atoms. The molecule has 1 nitrogen and oxygen atoms in total. The zero-order valence-electron chi connectivity index (χ0n) is 6.65. The summed E-state index contributed by atoms with van der Waals surface area (Å²) in [7, 11) is 0. The van der Waals surface area contributed by atoms with Gasteiger partial charge in [0.05, 0.1) is 16.5 Å². The minimum atomic E-state index is 0.942. The highest BCUT2D eigenvalue weighted by Crippen LogP contribution is 2.10. The number of quaternary nitrogens is 1. The van der Waals surface area contributed by atoms with Crippen molar-refractivity contribution in [2.45, 2.75) is 44.7 Å². The van der Waals surface area contributed by atoms with E-state index in [1.165, 1.54) is 30.1 Å². The summed E-state index contributed by atoms with van der Waals surface area (Å²) in [5, 5.41) is 2.58. The van der Waals surface area contributed by atoms with Crippen LogP contribution in [0.3, 0.4) is 0 Å². The lowest BCUT2D eigenvalue weighted by Crippen LogP contribution is -2.91. The van der Waals surface area contributed by atoms with Crippen molar-refractivity contribution in [3.05, 3.63) is 0 Å². The molecule has 1 aliphatic rings. The van der Waals surface area contributed by atoms with E-state index in [1.807, 2.05) is 0 Å². The van der Waals surface area contributed by atoms with Crippen molar-refractivity contribution in [1.29, 1.82) is 0 Å². The zero-order valence-corrected chi connectivity index (χ0v) is 8.80. The summed E-state index contributed by atoms with van der Waals surface area (Å²) in [6.45, 7) is 2.28. The predicted octanol–water partition coefficient (Wildman–Crippen LogP) is 1.32. The van der Waals surface area contributed by atoms with E-state index >= 15 is 0 Å². The summed E-state index contributed by atoms with van der Waals surface area (Å²) in [5.74, 6) is 0. The Kier molecular flexibility index (Phi) is 3.99. The first kappa shape index (κ1) is 8.78. The molecule has 0 amide bonds. The van der Waals surface area contributed by atoms with Crippen LogP contribution in [0.1, 0.15) is 32.6 Å². The molecule has 1 aliphatic heterocycles. The molecule has 0 radical (unpaired) electrons. The second kappa shape index (κ2) is 4.54. The fourth-order valence-electron chi connectivity index (χ4n) is 1.75. The van der Waals surface area contributed by atoms with E-state index in [0.717, 1.165) is 12.1 Å². The number of alkyl halides is 1. The molecule has 1 rings (SSSR count). The molecule has 0 aromatic heterocycles. The van der Waals surface area contributed by atoms with Crippen LogP contribution in [0.5, 0.6) is 0 Å². The number of halogens is 1. The Labute approximate surface area is 77.1 Å². The Morgan fingerprint density at radius 3 is 2.60 bits per heavy atom. The standard InChI is InChI=1S/C8H16IN/c1-2-3-7-4-5-8(6-9)10-7/h7-8,10H,2-6H2,1H3/p+1/t7-,8+/m0/s1. The van der Waals surface area contributed by atoms with Gasteiger partial charge in [-0.15, -0.1) is 0 Å². The van der Waals surface area contributed by atoms with E-state index in [2.05, 4.69) is 34.8 Å². The van der Waals surface area contributed by atoms with Crippen molar-refractivity contribution in [2.75, 3.05) is 4.43 Å². The van der Waals surface area contributed by atoms with Crippen LogP contribution in [-0.2, 0) is 0 Å². The van der Waals surface area contributed by atoms with Gasteiger partial charge in [0, 0.05) is 12.8 Å². The topological polar surface area (TPSA) is 16.6 Å². The first-order valence-electron chi connectivity index (χ1n) is 4.27. The molecule has 2 heteroatoms. The molecule has 2 N–H and O–H groups in total. The summed E-state index contributed by atoms with van der Waals surface area (Å²) >= 11 is 2.50. The maximum atomic E-state index is 2.58. The van der Waals surface area contributed by atoms with Crippen LogP contribution in [0.2, 0.25) is 0 Å². The van der Waals surface area contributed by atoms with Crippen molar-refractivity contribution >= 4 is 22.6 Å². The van der Waals surface area contributed by atoms with Gasteiger partial charge in [-0.2, -0.15) is 0 Å². The van der Waals surface area contributed by atoms with Crippen LogP contribution >= 0.6 is 22.6 Å². The largest absolute Gasteiger partial charge is 0.341 e. The minimum Gasteiger partial charge on any atom is -0.341 e. The van der Waals surface area contributed by atoms with Gasteiger partial charge in [-0.25, -0.2) is 0 Å². The molecule has 1 saturated heterocycles. The van der Waals surface area contributed by atoms with Crippen molar-refractivity contribution in [1.82, 2.24) is 0 Å². The third kappa shape index (κ3) is 2.38. The third-order valence-electron chi connectivity index (χ3n) is 2.31. The average molecular weight is 254 g/mol. The average Bonchev–Trinajstić information content (AvgIpc) is 2.37. The van der Waals surface area contributed by atoms with Crippen molar-refractivity contribution in [2.24, 2.45) is 0 Å². The second-order valence-electron chi connectivity index (χ2n) is 3.23. The molecule has 1 heterocycles. The summed E-state index contributed by atoms with van der Waals surface area (Å²) in [6.07, 6.45) is 5.69.